The van der Waals surface area contributed by atoms with Crippen molar-refractivity contribution in [3.8, 4) is 0 Å². The van der Waals surface area contributed by atoms with Crippen LogP contribution in [-0.2, 0) is 19.1 Å². The Morgan fingerprint density at radius 1 is 1.22 bits per heavy atom. The van der Waals surface area contributed by atoms with Crippen molar-refractivity contribution < 1.29 is 39.5 Å². The van der Waals surface area contributed by atoms with Crippen molar-refractivity contribution in [1.82, 2.24) is 10.6 Å². The monoisotopic (exact) mass is 458 g/mol. The van der Waals surface area contributed by atoms with Gasteiger partial charge in [0.2, 0.25) is 17.6 Å². The number of aliphatic imine (C=N–C) groups is 1. The van der Waals surface area contributed by atoms with E-state index in [2.05, 4.69) is 22.5 Å². The summed E-state index contributed by atoms with van der Waals surface area (Å²) in [6.07, 6.45) is 1.22. The molecule has 1 aliphatic heterocycles. The quantitative estimate of drug-likeness (QED) is 0.106. The Kier molecular flexibility index (Phi) is 11.7. The number of nitrogens with one attached hydrogen (secondary N) is 2. The first-order chi connectivity index (χ1) is 15.1. The molecule has 0 radical (unpaired) electrons. The van der Waals surface area contributed by atoms with E-state index in [1.807, 2.05) is 0 Å². The van der Waals surface area contributed by atoms with Crippen LogP contribution in [0, 0.1) is 0 Å². The number of carbonyl (C=O) groups is 3. The molecule has 2 amide bonds. The van der Waals surface area contributed by atoms with Gasteiger partial charge in [0.25, 0.3) is 0 Å². The third-order valence-corrected chi connectivity index (χ3v) is 4.87. The second kappa shape index (κ2) is 13.7. The number of carbonyl (C=O) groups excluding carboxylic acids is 2. The normalized spacial score (nSPS) is 22.8. The highest BCUT2D eigenvalue weighted by molar-refractivity contribution is 5.96. The lowest BCUT2D eigenvalue weighted by atomic mass is 9.92. The number of rotatable bonds is 12. The minimum Gasteiger partial charge on any atom is -0.478 e. The van der Waals surface area contributed by atoms with Crippen LogP contribution in [0.5, 0.6) is 0 Å². The molecule has 8 N–H and O–H groups in total. The molecule has 1 heterocycles. The van der Waals surface area contributed by atoms with Gasteiger partial charge in [-0.3, -0.25) is 14.9 Å². The number of aliphatic hydroxyl groups excluding tert-OH is 3. The lowest BCUT2D eigenvalue weighted by molar-refractivity contribution is -0.145. The summed E-state index contributed by atoms with van der Waals surface area (Å²) in [6.45, 7) is 2.45. The van der Waals surface area contributed by atoms with E-state index in [0.29, 0.717) is 6.42 Å². The summed E-state index contributed by atoms with van der Waals surface area (Å²) < 4.78 is 5.25. The zero-order chi connectivity index (χ0) is 24.3. The molecular weight excluding hydrogens is 424 g/mol. The standard InChI is InChI=1S/C20H34N4O8/c1-3-4-5-6-7-8-15(28)24-20(21)23-12-9-14(19(30)31)32-18(16(12)22-11(2)26)17(29)13(27)10-25/h9,12-13,16-18,25,27,29H,3-8,10H2,1-2H3,(H,22,26)(H,30,31)(H3,21,23,24,28)/t12-,13+,16+,17+,18+/m0/s1. The molecular formula is C20H34N4O8. The molecule has 0 fully saturated rings. The van der Waals surface area contributed by atoms with Crippen molar-refractivity contribution in [2.45, 2.75) is 82.8 Å². The molecule has 12 heteroatoms. The smallest absolute Gasteiger partial charge is 0.370 e. The Bertz CT molecular complexity index is 712. The van der Waals surface area contributed by atoms with Gasteiger partial charge >= 0.3 is 5.97 Å². The van der Waals surface area contributed by atoms with Gasteiger partial charge in [-0.1, -0.05) is 32.6 Å². The van der Waals surface area contributed by atoms with E-state index in [-0.39, 0.29) is 18.3 Å². The Morgan fingerprint density at radius 3 is 2.44 bits per heavy atom. The number of guanidine groups is 1. The first-order valence-electron chi connectivity index (χ1n) is 10.6. The zero-order valence-electron chi connectivity index (χ0n) is 18.4. The lowest BCUT2D eigenvalue weighted by Crippen LogP contribution is -2.60. The summed E-state index contributed by atoms with van der Waals surface area (Å²) >= 11 is 0. The molecule has 32 heavy (non-hydrogen) atoms. The lowest BCUT2D eigenvalue weighted by Gasteiger charge is -2.38. The fraction of sp³-hybridized carbons (Fsp3) is 0.700. The fourth-order valence-corrected chi connectivity index (χ4v) is 3.25. The van der Waals surface area contributed by atoms with Crippen molar-refractivity contribution >= 4 is 23.7 Å². The molecule has 0 aromatic rings. The molecule has 0 aromatic heterocycles. The fourth-order valence-electron chi connectivity index (χ4n) is 3.25. The van der Waals surface area contributed by atoms with Crippen LogP contribution in [0.15, 0.2) is 16.8 Å². The third kappa shape index (κ3) is 8.81. The van der Waals surface area contributed by atoms with Crippen LogP contribution in [0.2, 0.25) is 0 Å². The highest BCUT2D eigenvalue weighted by atomic mass is 16.5. The molecule has 0 saturated heterocycles. The van der Waals surface area contributed by atoms with Gasteiger partial charge in [0, 0.05) is 13.3 Å². The van der Waals surface area contributed by atoms with Crippen LogP contribution < -0.4 is 16.4 Å². The molecule has 0 saturated carbocycles. The number of aliphatic hydroxyl groups is 3. The predicted octanol–water partition coefficient (Wildman–Crippen LogP) is -1.27. The average Bonchev–Trinajstić information content (AvgIpc) is 2.72. The second-order valence-electron chi connectivity index (χ2n) is 7.60. The van der Waals surface area contributed by atoms with Crippen LogP contribution in [0.3, 0.4) is 0 Å². The van der Waals surface area contributed by atoms with Crippen LogP contribution in [0.4, 0.5) is 0 Å². The Labute approximate surface area is 186 Å². The first-order valence-corrected chi connectivity index (χ1v) is 10.6. The SMILES string of the molecule is CCCCCCCC(=O)NC(N)=N[C@H]1C=C(C(=O)O)O[C@@H]([C@H](O)[C@H](O)CO)[C@@H]1NC(C)=O. The molecule has 0 spiro atoms. The number of carboxylic acid groups (broad SMARTS) is 1. The van der Waals surface area contributed by atoms with Crippen molar-refractivity contribution in [2.24, 2.45) is 10.7 Å². The molecule has 0 aromatic carbocycles. The van der Waals surface area contributed by atoms with Crippen LogP contribution >= 0.6 is 0 Å². The van der Waals surface area contributed by atoms with E-state index in [1.54, 1.807) is 0 Å². The molecule has 0 aliphatic carbocycles. The maximum atomic E-state index is 12.1. The molecule has 12 nitrogen and oxygen atoms in total. The second-order valence-corrected chi connectivity index (χ2v) is 7.60. The number of aliphatic carboxylic acids is 1. The van der Waals surface area contributed by atoms with E-state index in [1.165, 1.54) is 6.92 Å². The Morgan fingerprint density at radius 2 is 1.88 bits per heavy atom. The van der Waals surface area contributed by atoms with E-state index in [0.717, 1.165) is 31.8 Å². The largest absolute Gasteiger partial charge is 0.478 e. The van der Waals surface area contributed by atoms with Gasteiger partial charge in [-0.15, -0.1) is 0 Å². The number of nitrogens with two attached hydrogens (primary N) is 1. The van der Waals surface area contributed by atoms with E-state index in [4.69, 9.17) is 15.6 Å². The van der Waals surface area contributed by atoms with Crippen LogP contribution in [0.25, 0.3) is 0 Å². The first kappa shape index (κ1) is 27.3. The summed E-state index contributed by atoms with van der Waals surface area (Å²) in [6, 6.07) is -2.29. The average molecular weight is 459 g/mol. The minimum atomic E-state index is -1.75. The number of hydrogen-bond donors (Lipinski definition) is 7. The van der Waals surface area contributed by atoms with Gasteiger partial charge in [0.05, 0.1) is 18.7 Å². The van der Waals surface area contributed by atoms with E-state index >= 15 is 0 Å². The maximum Gasteiger partial charge on any atom is 0.370 e. The third-order valence-electron chi connectivity index (χ3n) is 4.87. The van der Waals surface area contributed by atoms with Gasteiger partial charge in [0.15, 0.2) is 5.96 Å². The van der Waals surface area contributed by atoms with Crippen LogP contribution in [-0.4, -0.2) is 81.2 Å². The number of hydrogen-bond acceptors (Lipinski definition) is 8. The molecule has 0 unspecified atom stereocenters. The predicted molar refractivity (Wildman–Crippen MR) is 114 cm³/mol. The van der Waals surface area contributed by atoms with E-state index in [9.17, 15) is 29.7 Å². The van der Waals surface area contributed by atoms with Gasteiger partial charge in [-0.2, -0.15) is 0 Å². The topological polar surface area (TPSA) is 204 Å². The molecule has 0 bridgehead atoms. The summed E-state index contributed by atoms with van der Waals surface area (Å²) in [4.78, 5) is 39.3. The summed E-state index contributed by atoms with van der Waals surface area (Å²) in [5.41, 5.74) is 5.82. The van der Waals surface area contributed by atoms with Gasteiger partial charge < -0.3 is 36.2 Å². The number of carboxylic acids is 1. The number of unbranched alkanes of at least 4 members (excludes halogenated alkanes) is 4. The van der Waals surface area contributed by atoms with Crippen molar-refractivity contribution in [3.05, 3.63) is 11.8 Å². The number of ether oxygens (including phenoxy) is 1. The summed E-state index contributed by atoms with van der Waals surface area (Å²) in [7, 11) is 0. The molecule has 1 rings (SSSR count). The van der Waals surface area contributed by atoms with Gasteiger partial charge in [-0.05, 0) is 12.5 Å². The van der Waals surface area contributed by atoms with Crippen molar-refractivity contribution in [1.29, 1.82) is 0 Å². The number of nitrogens with zero attached hydrogens (tertiary/aromatic N) is 1. The zero-order valence-corrected chi connectivity index (χ0v) is 18.4. The maximum absolute atomic E-state index is 12.1. The highest BCUT2D eigenvalue weighted by Gasteiger charge is 2.43. The summed E-state index contributed by atoms with van der Waals surface area (Å²) in [5.74, 6) is -3.28. The number of amides is 2. The molecule has 182 valence electrons. The van der Waals surface area contributed by atoms with Crippen molar-refractivity contribution in [3.63, 3.8) is 0 Å². The Balaban J connectivity index is 3.04. The molecule has 5 atom stereocenters. The highest BCUT2D eigenvalue weighted by Crippen LogP contribution is 2.25. The molecule has 1 aliphatic rings. The Hall–Kier alpha value is -2.70. The van der Waals surface area contributed by atoms with Gasteiger partial charge in [0.1, 0.15) is 18.3 Å². The summed E-state index contributed by atoms with van der Waals surface area (Å²) in [5, 5.41) is 43.5. The minimum absolute atomic E-state index is 0.239. The van der Waals surface area contributed by atoms with Crippen molar-refractivity contribution in [2.75, 3.05) is 6.61 Å². The van der Waals surface area contributed by atoms with Crippen LogP contribution in [0.1, 0.15) is 52.4 Å². The van der Waals surface area contributed by atoms with E-state index < -0.39 is 54.6 Å². The van der Waals surface area contributed by atoms with Gasteiger partial charge in [-0.25, -0.2) is 9.79 Å².